The van der Waals surface area contributed by atoms with Crippen molar-refractivity contribution in [3.05, 3.63) is 0 Å². The van der Waals surface area contributed by atoms with Gasteiger partial charge in [0.15, 0.2) is 0 Å². The molecule has 82 valence electrons. The van der Waals surface area contributed by atoms with Gasteiger partial charge in [0.05, 0.1) is 5.60 Å². The fourth-order valence-electron chi connectivity index (χ4n) is 2.48. The lowest BCUT2D eigenvalue weighted by Crippen LogP contribution is -2.47. The van der Waals surface area contributed by atoms with Gasteiger partial charge in [0, 0.05) is 13.2 Å². The smallest absolute Gasteiger partial charge is 0.0694 e. The van der Waals surface area contributed by atoms with Crippen molar-refractivity contribution in [1.29, 1.82) is 0 Å². The summed E-state index contributed by atoms with van der Waals surface area (Å²) in [6, 6.07) is 0.461. The van der Waals surface area contributed by atoms with E-state index in [2.05, 4.69) is 5.43 Å². The number of hydrazine groups is 1. The highest BCUT2D eigenvalue weighted by Gasteiger charge is 2.39. The van der Waals surface area contributed by atoms with Crippen LogP contribution in [0.5, 0.6) is 0 Å². The molecule has 0 aromatic heterocycles. The Morgan fingerprint density at radius 1 is 1.50 bits per heavy atom. The van der Waals surface area contributed by atoms with Crippen molar-refractivity contribution in [2.75, 3.05) is 7.11 Å². The first-order valence-corrected chi connectivity index (χ1v) is 5.79. The molecule has 0 aromatic carbocycles. The van der Waals surface area contributed by atoms with Crippen LogP contribution >= 0.6 is 0 Å². The maximum atomic E-state index is 5.61. The van der Waals surface area contributed by atoms with E-state index in [0.29, 0.717) is 6.04 Å². The maximum absolute atomic E-state index is 5.61. The monoisotopic (exact) mass is 198 g/mol. The highest BCUT2D eigenvalue weighted by atomic mass is 16.5. The molecule has 1 unspecified atom stereocenters. The molecule has 3 heteroatoms. The molecule has 0 spiro atoms. The number of hydrogen-bond donors (Lipinski definition) is 2. The van der Waals surface area contributed by atoms with Crippen LogP contribution in [0.25, 0.3) is 0 Å². The summed E-state index contributed by atoms with van der Waals surface area (Å²) in [5.74, 6) is 6.52. The van der Waals surface area contributed by atoms with Crippen molar-refractivity contribution in [1.82, 2.24) is 5.43 Å². The average Bonchev–Trinajstić information content (AvgIpc) is 2.93. The molecule has 2 aliphatic rings. The largest absolute Gasteiger partial charge is 0.378 e. The minimum absolute atomic E-state index is 0.159. The number of rotatable bonds is 6. The molecule has 0 radical (unpaired) electrons. The van der Waals surface area contributed by atoms with E-state index in [1.54, 1.807) is 0 Å². The highest BCUT2D eigenvalue weighted by Crippen LogP contribution is 2.41. The predicted octanol–water partition coefficient (Wildman–Crippen LogP) is 1.58. The molecular formula is C11H22N2O. The first kappa shape index (κ1) is 10.4. The number of nitrogens with one attached hydrogen (secondary N) is 1. The molecule has 0 bridgehead atoms. The third-order valence-electron chi connectivity index (χ3n) is 3.87. The summed E-state index contributed by atoms with van der Waals surface area (Å²) in [4.78, 5) is 0. The molecule has 0 saturated heterocycles. The molecule has 3 N–H and O–H groups in total. The van der Waals surface area contributed by atoms with Gasteiger partial charge in [0.25, 0.3) is 0 Å². The van der Waals surface area contributed by atoms with Crippen molar-refractivity contribution >= 4 is 0 Å². The van der Waals surface area contributed by atoms with Crippen LogP contribution < -0.4 is 11.3 Å². The van der Waals surface area contributed by atoms with Crippen LogP contribution in [0.3, 0.4) is 0 Å². The van der Waals surface area contributed by atoms with Gasteiger partial charge in [-0.05, 0) is 38.0 Å². The molecule has 0 aliphatic heterocycles. The van der Waals surface area contributed by atoms with E-state index in [-0.39, 0.29) is 5.60 Å². The van der Waals surface area contributed by atoms with Gasteiger partial charge in [-0.2, -0.15) is 0 Å². The van der Waals surface area contributed by atoms with E-state index < -0.39 is 0 Å². The van der Waals surface area contributed by atoms with Gasteiger partial charge in [0.1, 0.15) is 0 Å². The molecule has 0 aromatic rings. The Balaban J connectivity index is 1.79. The van der Waals surface area contributed by atoms with E-state index in [0.717, 1.165) is 12.3 Å². The summed E-state index contributed by atoms with van der Waals surface area (Å²) in [6.07, 6.45) is 8.88. The molecule has 0 heterocycles. The predicted molar refractivity (Wildman–Crippen MR) is 56.7 cm³/mol. The Bertz CT molecular complexity index is 182. The van der Waals surface area contributed by atoms with Crippen LogP contribution in [0.2, 0.25) is 0 Å². The molecule has 1 atom stereocenters. The van der Waals surface area contributed by atoms with Gasteiger partial charge in [-0.15, -0.1) is 0 Å². The zero-order chi connectivity index (χ0) is 10.0. The summed E-state index contributed by atoms with van der Waals surface area (Å²) in [5, 5.41) is 0. The summed E-state index contributed by atoms with van der Waals surface area (Å²) < 4.78 is 5.61. The van der Waals surface area contributed by atoms with Crippen LogP contribution in [0.15, 0.2) is 0 Å². The van der Waals surface area contributed by atoms with Gasteiger partial charge in [-0.25, -0.2) is 0 Å². The average molecular weight is 198 g/mol. The van der Waals surface area contributed by atoms with Crippen LogP contribution in [0.4, 0.5) is 0 Å². The molecule has 3 nitrogen and oxygen atoms in total. The third kappa shape index (κ3) is 2.27. The second-order valence-electron chi connectivity index (χ2n) is 4.99. The highest BCUT2D eigenvalue weighted by molar-refractivity contribution is 4.94. The molecule has 2 fully saturated rings. The summed E-state index contributed by atoms with van der Waals surface area (Å²) in [6.45, 7) is 0. The van der Waals surface area contributed by atoms with E-state index in [1.807, 2.05) is 7.11 Å². The maximum Gasteiger partial charge on any atom is 0.0694 e. The van der Waals surface area contributed by atoms with Crippen molar-refractivity contribution in [2.45, 2.75) is 56.6 Å². The molecule has 2 aliphatic carbocycles. The summed E-state index contributed by atoms with van der Waals surface area (Å²) >= 11 is 0. The van der Waals surface area contributed by atoms with Crippen molar-refractivity contribution in [2.24, 2.45) is 11.8 Å². The number of ether oxygens (including phenoxy) is 1. The van der Waals surface area contributed by atoms with E-state index >= 15 is 0 Å². The summed E-state index contributed by atoms with van der Waals surface area (Å²) in [5.41, 5.74) is 3.11. The van der Waals surface area contributed by atoms with Crippen LogP contribution in [-0.4, -0.2) is 18.8 Å². The molecule has 2 rings (SSSR count). The molecule has 0 amide bonds. The Labute approximate surface area is 86.4 Å². The van der Waals surface area contributed by atoms with E-state index in [1.165, 1.54) is 38.5 Å². The number of methoxy groups -OCH3 is 1. The quantitative estimate of drug-likeness (QED) is 0.503. The van der Waals surface area contributed by atoms with Crippen molar-refractivity contribution in [3.63, 3.8) is 0 Å². The second-order valence-corrected chi connectivity index (χ2v) is 4.99. The Hall–Kier alpha value is -0.120. The van der Waals surface area contributed by atoms with Gasteiger partial charge in [-0.1, -0.05) is 12.8 Å². The Kier molecular flexibility index (Phi) is 3.10. The van der Waals surface area contributed by atoms with Gasteiger partial charge in [0.2, 0.25) is 0 Å². The topological polar surface area (TPSA) is 47.3 Å². The van der Waals surface area contributed by atoms with Crippen LogP contribution in [0, 0.1) is 5.92 Å². The first-order chi connectivity index (χ1) is 6.78. The fraction of sp³-hybridized carbons (Fsp3) is 1.00. The lowest BCUT2D eigenvalue weighted by molar-refractivity contribution is -0.0841. The summed E-state index contributed by atoms with van der Waals surface area (Å²) in [7, 11) is 1.84. The fourth-order valence-corrected chi connectivity index (χ4v) is 2.48. The molecular weight excluding hydrogens is 176 g/mol. The zero-order valence-electron chi connectivity index (χ0n) is 9.09. The minimum Gasteiger partial charge on any atom is -0.378 e. The lowest BCUT2D eigenvalue weighted by Gasteiger charge is -2.42. The van der Waals surface area contributed by atoms with E-state index in [9.17, 15) is 0 Å². The lowest BCUT2D eigenvalue weighted by atomic mass is 9.75. The number of nitrogens with two attached hydrogens (primary N) is 1. The normalized spacial score (nSPS) is 27.0. The third-order valence-corrected chi connectivity index (χ3v) is 3.87. The van der Waals surface area contributed by atoms with Gasteiger partial charge < -0.3 is 4.74 Å². The standard InChI is InChI=1S/C11H22N2O/c1-14-11(5-2-6-11)8-10(13-12)7-9-3-4-9/h9-10,13H,2-8,12H2,1H3. The van der Waals surface area contributed by atoms with Crippen LogP contribution in [-0.2, 0) is 4.74 Å². The van der Waals surface area contributed by atoms with Crippen molar-refractivity contribution in [3.8, 4) is 0 Å². The van der Waals surface area contributed by atoms with Gasteiger partial charge >= 0.3 is 0 Å². The Morgan fingerprint density at radius 3 is 2.57 bits per heavy atom. The second kappa shape index (κ2) is 4.17. The van der Waals surface area contributed by atoms with Crippen LogP contribution in [0.1, 0.15) is 44.9 Å². The molecule has 2 saturated carbocycles. The zero-order valence-corrected chi connectivity index (χ0v) is 9.09. The van der Waals surface area contributed by atoms with Crippen molar-refractivity contribution < 1.29 is 4.74 Å². The molecule has 14 heavy (non-hydrogen) atoms. The number of hydrogen-bond acceptors (Lipinski definition) is 3. The van der Waals surface area contributed by atoms with E-state index in [4.69, 9.17) is 10.6 Å². The minimum atomic E-state index is 0.159. The first-order valence-electron chi connectivity index (χ1n) is 5.79. The Morgan fingerprint density at radius 2 is 2.21 bits per heavy atom. The van der Waals surface area contributed by atoms with Gasteiger partial charge in [-0.3, -0.25) is 11.3 Å². The SMILES string of the molecule is COC1(CC(CC2CC2)NN)CCC1.